The number of rotatable bonds is 2. The van der Waals surface area contributed by atoms with Crippen molar-refractivity contribution in [2.45, 2.75) is 13.0 Å². The summed E-state index contributed by atoms with van der Waals surface area (Å²) in [6.45, 7) is 0.962. The molecular weight excluding hydrogens is 308 g/mol. The van der Waals surface area contributed by atoms with Gasteiger partial charge in [0.15, 0.2) is 11.5 Å². The molecule has 24 heavy (non-hydrogen) atoms. The number of amides is 1. The fourth-order valence-electron chi connectivity index (χ4n) is 2.67. The second-order valence-corrected chi connectivity index (χ2v) is 5.49. The van der Waals surface area contributed by atoms with Crippen molar-refractivity contribution in [2.24, 2.45) is 0 Å². The summed E-state index contributed by atoms with van der Waals surface area (Å²) in [5.74, 6) is 0.524. The molecule has 0 bridgehead atoms. The third-order valence-electron chi connectivity index (χ3n) is 3.93. The second kappa shape index (κ2) is 5.73. The van der Waals surface area contributed by atoms with Crippen LogP contribution in [0, 0.1) is 0 Å². The van der Waals surface area contributed by atoms with Crippen LogP contribution in [-0.2, 0) is 13.0 Å². The number of nitrogens with zero attached hydrogens (tertiary/aromatic N) is 5. The largest absolute Gasteiger partial charge is 0.368 e. The highest BCUT2D eigenvalue weighted by atomic mass is 16.5. The monoisotopic (exact) mass is 322 g/mol. The van der Waals surface area contributed by atoms with Crippen LogP contribution >= 0.6 is 0 Å². The molecular formula is C16H14N6O2. The zero-order valence-corrected chi connectivity index (χ0v) is 12.7. The molecule has 0 saturated carbocycles. The average Bonchev–Trinajstić information content (AvgIpc) is 3.11. The molecule has 1 amide bonds. The third-order valence-corrected chi connectivity index (χ3v) is 3.93. The smallest absolute Gasteiger partial charge is 0.276 e. The van der Waals surface area contributed by atoms with Gasteiger partial charge in [-0.15, -0.1) is 0 Å². The molecule has 3 aromatic heterocycles. The molecule has 4 rings (SSSR count). The standard InChI is InChI=1S/C16H14N6O2/c17-16-19-8-10-3-5-22(9-13(10)20-16)15(23)12-6-14(24-21-12)11-2-1-4-18-7-11/h1-2,4,6-8H,3,5,9H2,(H2,17,19,20). The molecule has 0 unspecified atom stereocenters. The van der Waals surface area contributed by atoms with Crippen LogP contribution in [0.5, 0.6) is 0 Å². The molecule has 0 aromatic carbocycles. The highest BCUT2D eigenvalue weighted by Crippen LogP contribution is 2.22. The van der Waals surface area contributed by atoms with E-state index in [1.165, 1.54) is 0 Å². The van der Waals surface area contributed by atoms with Crippen molar-refractivity contribution in [3.05, 3.63) is 53.7 Å². The van der Waals surface area contributed by atoms with Crippen LogP contribution in [0.1, 0.15) is 21.7 Å². The van der Waals surface area contributed by atoms with E-state index < -0.39 is 0 Å². The third kappa shape index (κ3) is 2.58. The van der Waals surface area contributed by atoms with Crippen LogP contribution in [0.3, 0.4) is 0 Å². The summed E-state index contributed by atoms with van der Waals surface area (Å²) < 4.78 is 5.27. The minimum atomic E-state index is -0.197. The molecule has 0 fully saturated rings. The van der Waals surface area contributed by atoms with Gasteiger partial charge in [0, 0.05) is 36.8 Å². The van der Waals surface area contributed by atoms with Crippen molar-refractivity contribution >= 4 is 11.9 Å². The Balaban J connectivity index is 1.56. The molecule has 1 aliphatic rings. The van der Waals surface area contributed by atoms with Crippen LogP contribution in [0.15, 0.2) is 41.3 Å². The topological polar surface area (TPSA) is 111 Å². The first kappa shape index (κ1) is 14.3. The highest BCUT2D eigenvalue weighted by molar-refractivity contribution is 5.93. The molecule has 1 aliphatic heterocycles. The summed E-state index contributed by atoms with van der Waals surface area (Å²) in [5.41, 5.74) is 8.45. The van der Waals surface area contributed by atoms with E-state index in [9.17, 15) is 4.79 Å². The number of hydrogen-bond acceptors (Lipinski definition) is 7. The maximum Gasteiger partial charge on any atom is 0.276 e. The second-order valence-electron chi connectivity index (χ2n) is 5.49. The molecule has 0 radical (unpaired) electrons. The van der Waals surface area contributed by atoms with E-state index in [-0.39, 0.29) is 17.5 Å². The van der Waals surface area contributed by atoms with E-state index in [4.69, 9.17) is 10.3 Å². The Bertz CT molecular complexity index is 893. The number of fused-ring (bicyclic) bond motifs is 1. The van der Waals surface area contributed by atoms with E-state index in [1.807, 2.05) is 6.07 Å². The summed E-state index contributed by atoms with van der Waals surface area (Å²) in [6.07, 6.45) is 5.74. The Morgan fingerprint density at radius 1 is 1.33 bits per heavy atom. The lowest BCUT2D eigenvalue weighted by Crippen LogP contribution is -2.36. The zero-order chi connectivity index (χ0) is 16.5. The molecule has 8 heteroatoms. The number of nitrogen functional groups attached to an aromatic ring is 1. The van der Waals surface area contributed by atoms with Gasteiger partial charge < -0.3 is 15.2 Å². The van der Waals surface area contributed by atoms with Gasteiger partial charge in [-0.3, -0.25) is 9.78 Å². The van der Waals surface area contributed by atoms with Crippen molar-refractivity contribution in [3.63, 3.8) is 0 Å². The van der Waals surface area contributed by atoms with Crippen molar-refractivity contribution in [1.82, 2.24) is 25.0 Å². The predicted octanol–water partition coefficient (Wildman–Crippen LogP) is 1.31. The quantitative estimate of drug-likeness (QED) is 0.757. The van der Waals surface area contributed by atoms with Crippen molar-refractivity contribution in [1.29, 1.82) is 0 Å². The first-order valence-electron chi connectivity index (χ1n) is 7.47. The first-order valence-corrected chi connectivity index (χ1v) is 7.47. The molecule has 0 atom stereocenters. The van der Waals surface area contributed by atoms with Gasteiger partial charge >= 0.3 is 0 Å². The van der Waals surface area contributed by atoms with Gasteiger partial charge in [-0.2, -0.15) is 0 Å². The lowest BCUT2D eigenvalue weighted by atomic mass is 10.1. The SMILES string of the molecule is Nc1ncc2c(n1)CN(C(=O)c1cc(-c3cccnc3)on1)CC2. The molecule has 0 aliphatic carbocycles. The zero-order valence-electron chi connectivity index (χ0n) is 12.7. The van der Waals surface area contributed by atoms with Gasteiger partial charge in [0.05, 0.1) is 12.2 Å². The lowest BCUT2D eigenvalue weighted by molar-refractivity contribution is 0.0721. The number of anilines is 1. The number of hydrogen-bond donors (Lipinski definition) is 1. The summed E-state index contributed by atoms with van der Waals surface area (Å²) in [5, 5.41) is 3.89. The Hall–Kier alpha value is -3.29. The maximum atomic E-state index is 12.7. The lowest BCUT2D eigenvalue weighted by Gasteiger charge is -2.27. The van der Waals surface area contributed by atoms with Crippen molar-refractivity contribution in [2.75, 3.05) is 12.3 Å². The predicted molar refractivity (Wildman–Crippen MR) is 84.6 cm³/mol. The van der Waals surface area contributed by atoms with E-state index in [0.717, 1.165) is 16.8 Å². The van der Waals surface area contributed by atoms with Gasteiger partial charge in [-0.1, -0.05) is 5.16 Å². The van der Waals surface area contributed by atoms with Crippen LogP contribution in [-0.4, -0.2) is 37.5 Å². The summed E-state index contributed by atoms with van der Waals surface area (Å²) >= 11 is 0. The van der Waals surface area contributed by atoms with E-state index in [2.05, 4.69) is 20.1 Å². The molecule has 120 valence electrons. The Morgan fingerprint density at radius 2 is 2.25 bits per heavy atom. The molecule has 4 heterocycles. The summed E-state index contributed by atoms with van der Waals surface area (Å²) in [6, 6.07) is 5.27. The van der Waals surface area contributed by atoms with Crippen molar-refractivity contribution in [3.8, 4) is 11.3 Å². The van der Waals surface area contributed by atoms with Crippen LogP contribution < -0.4 is 5.73 Å². The maximum absolute atomic E-state index is 12.7. The normalized spacial score (nSPS) is 13.6. The number of carbonyl (C=O) groups excluding carboxylic acids is 1. The molecule has 3 aromatic rings. The van der Waals surface area contributed by atoms with Crippen LogP contribution in [0.4, 0.5) is 5.95 Å². The van der Waals surface area contributed by atoms with Gasteiger partial charge in [0.25, 0.3) is 5.91 Å². The molecule has 2 N–H and O–H groups in total. The van der Waals surface area contributed by atoms with E-state index in [1.54, 1.807) is 35.6 Å². The van der Waals surface area contributed by atoms with Gasteiger partial charge in [0.1, 0.15) is 0 Å². The first-order chi connectivity index (χ1) is 11.7. The Morgan fingerprint density at radius 3 is 3.08 bits per heavy atom. The number of nitrogens with two attached hydrogens (primary N) is 1. The number of aromatic nitrogens is 4. The fourth-order valence-corrected chi connectivity index (χ4v) is 2.67. The van der Waals surface area contributed by atoms with Gasteiger partial charge in [0.2, 0.25) is 5.95 Å². The van der Waals surface area contributed by atoms with Gasteiger partial charge in [-0.05, 0) is 24.1 Å². The summed E-state index contributed by atoms with van der Waals surface area (Å²) in [4.78, 5) is 26.6. The number of pyridine rings is 1. The van der Waals surface area contributed by atoms with E-state index in [0.29, 0.717) is 25.3 Å². The minimum absolute atomic E-state index is 0.197. The van der Waals surface area contributed by atoms with Gasteiger partial charge in [-0.25, -0.2) is 9.97 Å². The average molecular weight is 322 g/mol. The highest BCUT2D eigenvalue weighted by Gasteiger charge is 2.25. The van der Waals surface area contributed by atoms with Crippen molar-refractivity contribution < 1.29 is 9.32 Å². The van der Waals surface area contributed by atoms with E-state index >= 15 is 0 Å². The Labute approximate surface area is 137 Å². The van der Waals surface area contributed by atoms with Crippen LogP contribution in [0.25, 0.3) is 11.3 Å². The number of carbonyl (C=O) groups is 1. The minimum Gasteiger partial charge on any atom is -0.368 e. The summed E-state index contributed by atoms with van der Waals surface area (Å²) in [7, 11) is 0. The van der Waals surface area contributed by atoms with Crippen LogP contribution in [0.2, 0.25) is 0 Å². The fraction of sp³-hybridized carbons (Fsp3) is 0.188. The molecule has 0 spiro atoms. The molecule has 8 nitrogen and oxygen atoms in total. The Kier molecular flexibility index (Phi) is 3.42. The molecule has 0 saturated heterocycles.